The lowest BCUT2D eigenvalue weighted by molar-refractivity contribution is 0.163. The Balaban J connectivity index is 1.73. The average Bonchev–Trinajstić information content (AvgIpc) is 3.20. The quantitative estimate of drug-likeness (QED) is 0.640. The summed E-state index contributed by atoms with van der Waals surface area (Å²) < 4.78 is 10.1. The summed E-state index contributed by atoms with van der Waals surface area (Å²) in [7, 11) is 0. The van der Waals surface area contributed by atoms with Crippen LogP contribution in [0.15, 0.2) is 82.0 Å². The highest BCUT2D eigenvalue weighted by Gasteiger charge is 2.10. The summed E-state index contributed by atoms with van der Waals surface area (Å²) in [4.78, 5) is 0. The van der Waals surface area contributed by atoms with E-state index >= 15 is 0 Å². The highest BCUT2D eigenvalue weighted by Crippen LogP contribution is 2.13. The first-order chi connectivity index (χ1) is 11.6. The van der Waals surface area contributed by atoms with E-state index in [0.717, 1.165) is 31.2 Å². The summed E-state index contributed by atoms with van der Waals surface area (Å²) in [5, 5.41) is 10.3. The van der Waals surface area contributed by atoms with E-state index in [2.05, 4.69) is 13.0 Å². The van der Waals surface area contributed by atoms with Gasteiger partial charge in [-0.05, 0) is 62.8 Å². The molecule has 1 atom stereocenters. The summed E-state index contributed by atoms with van der Waals surface area (Å²) in [6.07, 6.45) is 20.3. The van der Waals surface area contributed by atoms with Gasteiger partial charge in [-0.25, -0.2) is 0 Å². The van der Waals surface area contributed by atoms with Gasteiger partial charge in [-0.1, -0.05) is 36.0 Å². The van der Waals surface area contributed by atoms with E-state index in [0.29, 0.717) is 0 Å². The Morgan fingerprint density at radius 2 is 1.75 bits per heavy atom. The molecule has 0 saturated heterocycles. The molecule has 0 radical (unpaired) electrons. The molecule has 0 amide bonds. The monoisotopic (exact) mass is 326 g/mol. The Hall–Kier alpha value is -2.26. The molecule has 2 rings (SSSR count). The normalized spacial score (nSPS) is 15.4. The van der Waals surface area contributed by atoms with Crippen LogP contribution < -0.4 is 0 Å². The predicted octanol–water partition coefficient (Wildman–Crippen LogP) is 5.25. The molecule has 0 fully saturated rings. The minimum absolute atomic E-state index is 0.757. The molecular weight excluding hydrogens is 300 g/mol. The van der Waals surface area contributed by atoms with Gasteiger partial charge in [0.15, 0.2) is 0 Å². The molecule has 2 aromatic rings. The van der Waals surface area contributed by atoms with Crippen LogP contribution >= 0.6 is 0 Å². The van der Waals surface area contributed by atoms with Crippen molar-refractivity contribution >= 4 is 0 Å². The fourth-order valence-corrected chi connectivity index (χ4v) is 2.38. The fourth-order valence-electron chi connectivity index (χ4n) is 2.38. The molecule has 0 spiro atoms. The number of rotatable bonds is 9. The number of allylic oxidation sites excluding steroid dienone is 4. The van der Waals surface area contributed by atoms with E-state index < -0.39 is 5.60 Å². The van der Waals surface area contributed by atoms with Gasteiger partial charge >= 0.3 is 0 Å². The van der Waals surface area contributed by atoms with Crippen molar-refractivity contribution in [1.82, 2.24) is 0 Å². The molecule has 0 aliphatic heterocycles. The van der Waals surface area contributed by atoms with Gasteiger partial charge in [-0.2, -0.15) is 0 Å². The van der Waals surface area contributed by atoms with Crippen molar-refractivity contribution < 1.29 is 13.9 Å². The van der Waals surface area contributed by atoms with E-state index in [-0.39, 0.29) is 0 Å². The number of aliphatic hydroxyl groups is 1. The number of aryl methyl sites for hydroxylation is 1. The topological polar surface area (TPSA) is 46.5 Å². The van der Waals surface area contributed by atoms with Crippen molar-refractivity contribution in [2.45, 2.75) is 45.1 Å². The van der Waals surface area contributed by atoms with Gasteiger partial charge in [-0.3, -0.25) is 0 Å². The van der Waals surface area contributed by atoms with E-state index in [1.54, 1.807) is 32.0 Å². The van der Waals surface area contributed by atoms with Crippen LogP contribution in [0.25, 0.3) is 0 Å². The van der Waals surface area contributed by atoms with Crippen LogP contribution in [-0.4, -0.2) is 10.7 Å². The zero-order valence-corrected chi connectivity index (χ0v) is 14.4. The number of hydrogen-bond acceptors (Lipinski definition) is 3. The van der Waals surface area contributed by atoms with Crippen molar-refractivity contribution in [2.75, 3.05) is 0 Å². The van der Waals surface area contributed by atoms with Crippen LogP contribution in [-0.2, 0) is 12.8 Å². The second-order valence-corrected chi connectivity index (χ2v) is 6.29. The second kappa shape index (κ2) is 9.14. The second-order valence-electron chi connectivity index (χ2n) is 6.29. The van der Waals surface area contributed by atoms with Gasteiger partial charge in [0.25, 0.3) is 0 Å². The lowest BCUT2D eigenvalue weighted by atomic mass is 10.0. The van der Waals surface area contributed by atoms with Gasteiger partial charge in [0.05, 0.1) is 30.7 Å². The summed E-state index contributed by atoms with van der Waals surface area (Å²) in [5.74, 6) is 0. The van der Waals surface area contributed by atoms with E-state index in [9.17, 15) is 5.11 Å². The molecule has 3 nitrogen and oxygen atoms in total. The van der Waals surface area contributed by atoms with Gasteiger partial charge in [0, 0.05) is 0 Å². The molecule has 1 unspecified atom stereocenters. The Morgan fingerprint density at radius 3 is 2.42 bits per heavy atom. The SMILES string of the molecule is CC(=CCCc1ccoc1)CC=CC(C)(O)C=CCc1ccoc1. The maximum Gasteiger partial charge on any atom is 0.0980 e. The first-order valence-electron chi connectivity index (χ1n) is 8.31. The Bertz CT molecular complexity index is 656. The van der Waals surface area contributed by atoms with Crippen LogP contribution in [0.3, 0.4) is 0 Å². The molecule has 1 N–H and O–H groups in total. The minimum atomic E-state index is -0.930. The molecule has 24 heavy (non-hydrogen) atoms. The Morgan fingerprint density at radius 1 is 1.08 bits per heavy atom. The number of furan rings is 2. The number of hydrogen-bond donors (Lipinski definition) is 1. The first kappa shape index (κ1) is 18.1. The van der Waals surface area contributed by atoms with Crippen molar-refractivity contribution in [3.05, 3.63) is 84.3 Å². The fraction of sp³-hybridized carbons (Fsp3) is 0.333. The third kappa shape index (κ3) is 6.88. The van der Waals surface area contributed by atoms with Crippen molar-refractivity contribution in [3.63, 3.8) is 0 Å². The van der Waals surface area contributed by atoms with Crippen molar-refractivity contribution in [2.24, 2.45) is 0 Å². The van der Waals surface area contributed by atoms with Crippen LogP contribution in [0.2, 0.25) is 0 Å². The first-order valence-corrected chi connectivity index (χ1v) is 8.31. The third-order valence-corrected chi connectivity index (χ3v) is 3.79. The highest BCUT2D eigenvalue weighted by atomic mass is 16.3. The molecule has 0 aliphatic carbocycles. The van der Waals surface area contributed by atoms with Crippen molar-refractivity contribution in [3.8, 4) is 0 Å². The smallest absolute Gasteiger partial charge is 0.0980 e. The molecule has 3 heteroatoms. The van der Waals surface area contributed by atoms with E-state index in [4.69, 9.17) is 8.83 Å². The third-order valence-electron chi connectivity index (χ3n) is 3.79. The standard InChI is InChI=1S/C21H26O3/c1-18(6-3-8-19-10-14-23-16-19)7-4-12-21(2,22)13-5-9-20-11-15-24-17-20/h4-6,10-17,22H,3,7-9H2,1-2H3. The maximum absolute atomic E-state index is 10.3. The van der Waals surface area contributed by atoms with Crippen LogP contribution in [0.4, 0.5) is 0 Å². The largest absolute Gasteiger partial charge is 0.472 e. The van der Waals surface area contributed by atoms with E-state index in [1.807, 2.05) is 36.4 Å². The van der Waals surface area contributed by atoms with Crippen molar-refractivity contribution in [1.29, 1.82) is 0 Å². The molecule has 0 aromatic carbocycles. The lowest BCUT2D eigenvalue weighted by Gasteiger charge is -2.13. The zero-order chi connectivity index (χ0) is 17.3. The Kier molecular flexibility index (Phi) is 6.89. The van der Waals surface area contributed by atoms with Gasteiger partial charge in [0.2, 0.25) is 0 Å². The minimum Gasteiger partial charge on any atom is -0.472 e. The van der Waals surface area contributed by atoms with Crippen LogP contribution in [0.1, 0.15) is 37.8 Å². The predicted molar refractivity (Wildman–Crippen MR) is 96.7 cm³/mol. The molecule has 0 aliphatic rings. The van der Waals surface area contributed by atoms with Crippen LogP contribution in [0.5, 0.6) is 0 Å². The molecule has 0 saturated carbocycles. The summed E-state index contributed by atoms with van der Waals surface area (Å²) in [6.45, 7) is 3.90. The van der Waals surface area contributed by atoms with Gasteiger partial charge in [-0.15, -0.1) is 0 Å². The Labute approximate surface area is 144 Å². The molecule has 2 aromatic heterocycles. The summed E-state index contributed by atoms with van der Waals surface area (Å²) in [6, 6.07) is 3.92. The maximum atomic E-state index is 10.3. The lowest BCUT2D eigenvalue weighted by Crippen LogP contribution is -2.16. The molecule has 0 bridgehead atoms. The zero-order valence-electron chi connectivity index (χ0n) is 14.4. The summed E-state index contributed by atoms with van der Waals surface area (Å²) >= 11 is 0. The van der Waals surface area contributed by atoms with E-state index in [1.165, 1.54) is 11.1 Å². The average molecular weight is 326 g/mol. The molecule has 2 heterocycles. The molecular formula is C21H26O3. The van der Waals surface area contributed by atoms with Gasteiger partial charge < -0.3 is 13.9 Å². The van der Waals surface area contributed by atoms with Crippen LogP contribution in [0, 0.1) is 0 Å². The van der Waals surface area contributed by atoms with Gasteiger partial charge in [0.1, 0.15) is 0 Å². The summed E-state index contributed by atoms with van der Waals surface area (Å²) in [5.41, 5.74) is 2.69. The highest BCUT2D eigenvalue weighted by molar-refractivity contribution is 5.17. The molecule has 128 valence electrons.